The summed E-state index contributed by atoms with van der Waals surface area (Å²) in [5.74, 6) is -1.27. The fraction of sp³-hybridized carbons (Fsp3) is 0.387. The van der Waals surface area contributed by atoms with Crippen LogP contribution in [-0.4, -0.2) is 73.5 Å². The molecule has 0 aliphatic heterocycles. The zero-order valence-corrected chi connectivity index (χ0v) is 22.9. The molecule has 3 rings (SSSR count). The quantitative estimate of drug-likeness (QED) is 0.292. The first kappa shape index (κ1) is 29.8. The van der Waals surface area contributed by atoms with E-state index in [9.17, 15) is 14.4 Å². The van der Waals surface area contributed by atoms with Crippen LogP contribution in [0.15, 0.2) is 72.8 Å². The van der Waals surface area contributed by atoms with E-state index in [-0.39, 0.29) is 31.3 Å². The second kappa shape index (κ2) is 15.0. The topological polar surface area (TPSA) is 119 Å². The number of benzene rings is 3. The number of rotatable bonds is 15. The molecule has 0 aliphatic carbocycles. The predicted octanol–water partition coefficient (Wildman–Crippen LogP) is 2.91. The average Bonchev–Trinajstić information content (AvgIpc) is 2.95. The predicted molar refractivity (Wildman–Crippen MR) is 154 cm³/mol. The molecule has 0 unspecified atom stereocenters. The standard InChI is InChI=1S/C31H40N4O4/c1-34(29(36)22-39-18-10-4-9-17-32)28(21-24-15-16-25-13-7-8-14-26(25)19-24)31(38)35(2)27(30(33)37)20-23-11-5-3-6-12-23/h3,5-8,11-16,19,27-28H,4,9-10,17-18,20-22,32H2,1-2H3,(H2,33,37)/t27-,28-/m1/s1. The molecule has 0 heterocycles. The van der Waals surface area contributed by atoms with Crippen LogP contribution in [0, 0.1) is 0 Å². The number of unbranched alkanes of at least 4 members (excludes halogenated alkanes) is 2. The highest BCUT2D eigenvalue weighted by atomic mass is 16.5. The Balaban J connectivity index is 1.81. The lowest BCUT2D eigenvalue weighted by atomic mass is 9.98. The van der Waals surface area contributed by atoms with Crippen LogP contribution in [0.3, 0.4) is 0 Å². The summed E-state index contributed by atoms with van der Waals surface area (Å²) >= 11 is 0. The number of nitrogens with zero attached hydrogens (tertiary/aromatic N) is 2. The molecular weight excluding hydrogens is 492 g/mol. The molecule has 2 atom stereocenters. The first-order valence-electron chi connectivity index (χ1n) is 13.4. The summed E-state index contributed by atoms with van der Waals surface area (Å²) in [4.78, 5) is 42.3. The molecule has 39 heavy (non-hydrogen) atoms. The van der Waals surface area contributed by atoms with Crippen molar-refractivity contribution in [1.29, 1.82) is 0 Å². The van der Waals surface area contributed by atoms with Gasteiger partial charge < -0.3 is 26.0 Å². The van der Waals surface area contributed by atoms with Crippen molar-refractivity contribution in [3.05, 3.63) is 83.9 Å². The number of amides is 3. The summed E-state index contributed by atoms with van der Waals surface area (Å²) in [7, 11) is 3.17. The van der Waals surface area contributed by atoms with Gasteiger partial charge in [-0.05, 0) is 47.7 Å². The highest BCUT2D eigenvalue weighted by molar-refractivity contribution is 5.92. The van der Waals surface area contributed by atoms with Crippen LogP contribution in [-0.2, 0) is 32.0 Å². The van der Waals surface area contributed by atoms with Gasteiger partial charge in [0.1, 0.15) is 18.7 Å². The number of carbonyl (C=O) groups excluding carboxylic acids is 3. The first-order chi connectivity index (χ1) is 18.8. The summed E-state index contributed by atoms with van der Waals surface area (Å²) in [5, 5.41) is 2.13. The van der Waals surface area contributed by atoms with E-state index in [0.29, 0.717) is 13.2 Å². The van der Waals surface area contributed by atoms with E-state index in [2.05, 4.69) is 0 Å². The fourth-order valence-corrected chi connectivity index (χ4v) is 4.59. The molecule has 4 N–H and O–H groups in total. The lowest BCUT2D eigenvalue weighted by molar-refractivity contribution is -0.148. The highest BCUT2D eigenvalue weighted by Crippen LogP contribution is 2.20. The number of ether oxygens (including phenoxy) is 1. The van der Waals surface area contributed by atoms with Gasteiger partial charge in [-0.25, -0.2) is 0 Å². The normalized spacial score (nSPS) is 12.6. The van der Waals surface area contributed by atoms with Crippen LogP contribution in [0.5, 0.6) is 0 Å². The monoisotopic (exact) mass is 532 g/mol. The Kier molecular flexibility index (Phi) is 11.5. The largest absolute Gasteiger partial charge is 0.372 e. The van der Waals surface area contributed by atoms with E-state index in [1.54, 1.807) is 14.1 Å². The molecule has 0 bridgehead atoms. The van der Waals surface area contributed by atoms with E-state index in [1.165, 1.54) is 9.80 Å². The molecular formula is C31H40N4O4. The van der Waals surface area contributed by atoms with Gasteiger partial charge >= 0.3 is 0 Å². The van der Waals surface area contributed by atoms with E-state index >= 15 is 0 Å². The van der Waals surface area contributed by atoms with E-state index < -0.39 is 18.0 Å². The minimum absolute atomic E-state index is 0.131. The number of hydrogen-bond acceptors (Lipinski definition) is 5. The number of carbonyl (C=O) groups is 3. The van der Waals surface area contributed by atoms with Crippen LogP contribution in [0.25, 0.3) is 10.8 Å². The van der Waals surface area contributed by atoms with Crippen LogP contribution in [0.1, 0.15) is 30.4 Å². The van der Waals surface area contributed by atoms with Crippen LogP contribution in [0.2, 0.25) is 0 Å². The Morgan fingerprint density at radius 2 is 1.44 bits per heavy atom. The van der Waals surface area contributed by atoms with Crippen molar-refractivity contribution in [2.24, 2.45) is 11.5 Å². The summed E-state index contributed by atoms with van der Waals surface area (Å²) in [6.07, 6.45) is 3.23. The summed E-state index contributed by atoms with van der Waals surface area (Å²) < 4.78 is 5.60. The smallest absolute Gasteiger partial charge is 0.248 e. The lowest BCUT2D eigenvalue weighted by Gasteiger charge is -2.34. The van der Waals surface area contributed by atoms with Crippen molar-refractivity contribution in [3.63, 3.8) is 0 Å². The minimum Gasteiger partial charge on any atom is -0.372 e. The molecule has 3 aromatic carbocycles. The fourth-order valence-electron chi connectivity index (χ4n) is 4.59. The molecule has 208 valence electrons. The maximum absolute atomic E-state index is 13.9. The molecule has 0 radical (unpaired) electrons. The van der Waals surface area contributed by atoms with Gasteiger partial charge in [-0.1, -0.05) is 72.8 Å². The third-order valence-corrected chi connectivity index (χ3v) is 7.02. The zero-order chi connectivity index (χ0) is 28.2. The summed E-state index contributed by atoms with van der Waals surface area (Å²) in [5.41, 5.74) is 13.1. The van der Waals surface area contributed by atoms with Crippen LogP contribution < -0.4 is 11.5 Å². The number of hydrogen-bond donors (Lipinski definition) is 2. The Morgan fingerprint density at radius 1 is 0.769 bits per heavy atom. The van der Waals surface area contributed by atoms with Crippen molar-refractivity contribution in [2.75, 3.05) is 33.9 Å². The zero-order valence-electron chi connectivity index (χ0n) is 22.9. The van der Waals surface area contributed by atoms with Gasteiger partial charge in [0.25, 0.3) is 0 Å². The molecule has 0 aliphatic rings. The summed E-state index contributed by atoms with van der Waals surface area (Å²) in [6, 6.07) is 21.7. The van der Waals surface area contributed by atoms with Gasteiger partial charge in [0, 0.05) is 33.5 Å². The molecule has 3 amide bonds. The second-order valence-corrected chi connectivity index (χ2v) is 9.87. The lowest BCUT2D eigenvalue weighted by Crippen LogP contribution is -2.55. The first-order valence-corrected chi connectivity index (χ1v) is 13.4. The van der Waals surface area contributed by atoms with Crippen molar-refractivity contribution < 1.29 is 19.1 Å². The van der Waals surface area contributed by atoms with Crippen LogP contribution in [0.4, 0.5) is 0 Å². The van der Waals surface area contributed by atoms with Gasteiger partial charge in [0.15, 0.2) is 0 Å². The molecule has 0 saturated heterocycles. The molecule has 0 aromatic heterocycles. The number of likely N-dealkylation sites (N-methyl/N-ethyl adjacent to an activating group) is 2. The highest BCUT2D eigenvalue weighted by Gasteiger charge is 2.34. The van der Waals surface area contributed by atoms with Gasteiger partial charge in [-0.15, -0.1) is 0 Å². The SMILES string of the molecule is CN(C(=O)COCCCCCN)[C@H](Cc1ccc2ccccc2c1)C(=O)N(C)[C@H](Cc1ccccc1)C(N)=O. The third-order valence-electron chi connectivity index (χ3n) is 7.02. The Bertz CT molecular complexity index is 1230. The van der Waals surface area contributed by atoms with Crippen molar-refractivity contribution in [1.82, 2.24) is 9.80 Å². The molecule has 8 heteroatoms. The van der Waals surface area contributed by atoms with Gasteiger partial charge in [-0.2, -0.15) is 0 Å². The molecule has 3 aromatic rings. The molecule has 0 saturated carbocycles. The number of nitrogens with two attached hydrogens (primary N) is 2. The van der Waals surface area contributed by atoms with Gasteiger partial charge in [0.05, 0.1) is 0 Å². The Hall–Kier alpha value is -3.75. The number of fused-ring (bicyclic) bond motifs is 1. The molecule has 0 fully saturated rings. The van der Waals surface area contributed by atoms with Crippen molar-refractivity contribution in [3.8, 4) is 0 Å². The maximum atomic E-state index is 13.9. The van der Waals surface area contributed by atoms with Gasteiger partial charge in [-0.3, -0.25) is 14.4 Å². The summed E-state index contributed by atoms with van der Waals surface area (Å²) in [6.45, 7) is 0.946. The average molecular weight is 533 g/mol. The Labute approximate surface area is 230 Å². The van der Waals surface area contributed by atoms with Crippen LogP contribution >= 0.6 is 0 Å². The second-order valence-electron chi connectivity index (χ2n) is 9.87. The van der Waals surface area contributed by atoms with E-state index in [0.717, 1.165) is 41.2 Å². The van der Waals surface area contributed by atoms with Crippen molar-refractivity contribution in [2.45, 2.75) is 44.2 Å². The molecule has 0 spiro atoms. The third kappa shape index (κ3) is 8.63. The maximum Gasteiger partial charge on any atom is 0.248 e. The van der Waals surface area contributed by atoms with Gasteiger partial charge in [0.2, 0.25) is 17.7 Å². The molecule has 8 nitrogen and oxygen atoms in total. The Morgan fingerprint density at radius 3 is 2.13 bits per heavy atom. The number of primary amides is 1. The minimum atomic E-state index is -0.860. The van der Waals surface area contributed by atoms with Crippen molar-refractivity contribution >= 4 is 28.5 Å². The van der Waals surface area contributed by atoms with E-state index in [4.69, 9.17) is 16.2 Å². The van der Waals surface area contributed by atoms with E-state index in [1.807, 2.05) is 72.8 Å².